The minimum Gasteiger partial charge on any atom is -0.386 e. The third-order valence-corrected chi connectivity index (χ3v) is 2.30. The molecule has 1 aromatic carbocycles. The topological polar surface area (TPSA) is 61.8 Å². The zero-order valence-corrected chi connectivity index (χ0v) is 9.18. The lowest BCUT2D eigenvalue weighted by atomic mass is 10.1. The molecule has 1 aromatic rings. The first-order valence-corrected chi connectivity index (χ1v) is 5.30. The lowest BCUT2D eigenvalue weighted by molar-refractivity contribution is -0.0334. The van der Waals surface area contributed by atoms with Crippen molar-refractivity contribution < 1.29 is 23.8 Å². The summed E-state index contributed by atoms with van der Waals surface area (Å²) >= 11 is 0. The minimum atomic E-state index is -0.550. The van der Waals surface area contributed by atoms with Crippen molar-refractivity contribution in [1.29, 1.82) is 0 Å². The number of rotatable bonds is 0. The Hall–Kier alpha value is -1.72. The fourth-order valence-corrected chi connectivity index (χ4v) is 1.47. The van der Waals surface area contributed by atoms with Crippen LogP contribution in [0.4, 0.5) is 0 Å². The molecule has 2 heterocycles. The summed E-state index contributed by atoms with van der Waals surface area (Å²) in [7, 11) is 0. The van der Waals surface area contributed by atoms with Gasteiger partial charge in [0.1, 0.15) is 0 Å². The Morgan fingerprint density at radius 3 is 1.53 bits per heavy atom. The van der Waals surface area contributed by atoms with Crippen LogP contribution in [0.3, 0.4) is 0 Å². The Bertz CT molecular complexity index is 378. The van der Waals surface area contributed by atoms with E-state index in [1.54, 1.807) is 24.3 Å². The Balaban J connectivity index is 0.000000153. The molecule has 0 spiro atoms. The molecular weight excluding hydrogens is 224 g/mol. The molecule has 5 nitrogen and oxygen atoms in total. The Morgan fingerprint density at radius 2 is 1.18 bits per heavy atom. The van der Waals surface area contributed by atoms with Gasteiger partial charge in [-0.3, -0.25) is 0 Å². The van der Waals surface area contributed by atoms with Crippen LogP contribution < -0.4 is 0 Å². The summed E-state index contributed by atoms with van der Waals surface area (Å²) in [6.07, 6.45) is 0. The van der Waals surface area contributed by atoms with E-state index in [1.807, 2.05) is 0 Å². The molecule has 90 valence electrons. The maximum absolute atomic E-state index is 10.8. The number of esters is 2. The third kappa shape index (κ3) is 2.89. The van der Waals surface area contributed by atoms with Gasteiger partial charge in [-0.05, 0) is 12.1 Å². The lowest BCUT2D eigenvalue weighted by Gasteiger charge is -2.09. The normalized spacial score (nSPS) is 17.9. The third-order valence-electron chi connectivity index (χ3n) is 2.30. The largest absolute Gasteiger partial charge is 0.386 e. The van der Waals surface area contributed by atoms with Gasteiger partial charge in [-0.2, -0.15) is 0 Å². The minimum absolute atomic E-state index is 0.359. The summed E-state index contributed by atoms with van der Waals surface area (Å²) in [6, 6.07) is 6.53. The predicted octanol–water partition coefficient (Wildman–Crippen LogP) is 1.03. The van der Waals surface area contributed by atoms with Crippen LogP contribution in [0.15, 0.2) is 24.3 Å². The van der Waals surface area contributed by atoms with Gasteiger partial charge in [0.2, 0.25) is 0 Å². The first-order chi connectivity index (χ1) is 8.29. The van der Waals surface area contributed by atoms with Gasteiger partial charge in [0.05, 0.1) is 37.6 Å². The van der Waals surface area contributed by atoms with Crippen molar-refractivity contribution in [2.75, 3.05) is 26.4 Å². The van der Waals surface area contributed by atoms with Crippen molar-refractivity contribution in [3.05, 3.63) is 35.4 Å². The molecule has 0 amide bonds. The van der Waals surface area contributed by atoms with E-state index in [1.165, 1.54) is 0 Å². The molecule has 0 aliphatic carbocycles. The summed E-state index contributed by atoms with van der Waals surface area (Å²) < 4.78 is 14.2. The summed E-state index contributed by atoms with van der Waals surface area (Å²) in [5.74, 6) is -1.10. The number of fused-ring (bicyclic) bond motifs is 1. The highest BCUT2D eigenvalue weighted by Crippen LogP contribution is 2.18. The summed E-state index contributed by atoms with van der Waals surface area (Å²) in [5, 5.41) is 0. The van der Waals surface area contributed by atoms with Crippen molar-refractivity contribution >= 4 is 11.9 Å². The Labute approximate surface area is 98.3 Å². The van der Waals surface area contributed by atoms with E-state index in [2.05, 4.69) is 4.74 Å². The van der Waals surface area contributed by atoms with Gasteiger partial charge in [0.25, 0.3) is 0 Å². The van der Waals surface area contributed by atoms with Crippen LogP contribution in [0.2, 0.25) is 0 Å². The maximum atomic E-state index is 10.8. The van der Waals surface area contributed by atoms with E-state index in [0.29, 0.717) is 11.1 Å². The lowest BCUT2D eigenvalue weighted by Crippen LogP contribution is -2.16. The SMILES string of the molecule is C1COCCO1.O=C1OC(=O)c2ccccc21. The molecule has 0 aromatic heterocycles. The number of ether oxygens (including phenoxy) is 3. The van der Waals surface area contributed by atoms with Crippen molar-refractivity contribution in [1.82, 2.24) is 0 Å². The number of carbonyl (C=O) groups is 2. The van der Waals surface area contributed by atoms with Crippen LogP contribution in [-0.2, 0) is 14.2 Å². The van der Waals surface area contributed by atoms with Crippen LogP contribution >= 0.6 is 0 Å². The average molecular weight is 236 g/mol. The molecule has 0 bridgehead atoms. The smallest absolute Gasteiger partial charge is 0.346 e. The molecule has 17 heavy (non-hydrogen) atoms. The van der Waals surface area contributed by atoms with E-state index in [9.17, 15) is 9.59 Å². The van der Waals surface area contributed by atoms with E-state index < -0.39 is 11.9 Å². The quantitative estimate of drug-likeness (QED) is 0.497. The van der Waals surface area contributed by atoms with Gasteiger partial charge in [0.15, 0.2) is 0 Å². The van der Waals surface area contributed by atoms with Gasteiger partial charge in [-0.25, -0.2) is 9.59 Å². The Kier molecular flexibility index (Phi) is 3.85. The second-order valence-electron chi connectivity index (χ2n) is 3.45. The number of benzene rings is 1. The van der Waals surface area contributed by atoms with Crippen molar-refractivity contribution in [3.8, 4) is 0 Å². The number of cyclic esters (lactones) is 2. The maximum Gasteiger partial charge on any atom is 0.346 e. The molecular formula is C12H12O5. The van der Waals surface area contributed by atoms with Crippen LogP contribution in [-0.4, -0.2) is 38.4 Å². The monoisotopic (exact) mass is 236 g/mol. The van der Waals surface area contributed by atoms with Crippen molar-refractivity contribution in [3.63, 3.8) is 0 Å². The summed E-state index contributed by atoms with van der Waals surface area (Å²) in [4.78, 5) is 21.7. The molecule has 0 unspecified atom stereocenters. The van der Waals surface area contributed by atoms with Crippen molar-refractivity contribution in [2.45, 2.75) is 0 Å². The standard InChI is InChI=1S/C8H4O3.C4H8O2/c9-7-5-3-1-2-4-6(5)8(10)11-7;1-2-6-4-3-5-1/h1-4H;1-4H2. The number of hydrogen-bond acceptors (Lipinski definition) is 5. The van der Waals surface area contributed by atoms with Gasteiger partial charge in [-0.15, -0.1) is 0 Å². The molecule has 0 radical (unpaired) electrons. The van der Waals surface area contributed by atoms with Gasteiger partial charge >= 0.3 is 11.9 Å². The fraction of sp³-hybridized carbons (Fsp3) is 0.333. The van der Waals surface area contributed by atoms with Crippen LogP contribution in [0.1, 0.15) is 20.7 Å². The van der Waals surface area contributed by atoms with Gasteiger partial charge in [0, 0.05) is 0 Å². The highest BCUT2D eigenvalue weighted by Gasteiger charge is 2.28. The zero-order valence-electron chi connectivity index (χ0n) is 9.18. The highest BCUT2D eigenvalue weighted by atomic mass is 16.6. The van der Waals surface area contributed by atoms with E-state index in [-0.39, 0.29) is 0 Å². The fourth-order valence-electron chi connectivity index (χ4n) is 1.47. The first-order valence-electron chi connectivity index (χ1n) is 5.30. The summed E-state index contributed by atoms with van der Waals surface area (Å²) in [5.41, 5.74) is 0.718. The molecule has 3 rings (SSSR count). The predicted molar refractivity (Wildman–Crippen MR) is 57.8 cm³/mol. The van der Waals surface area contributed by atoms with Crippen molar-refractivity contribution in [2.24, 2.45) is 0 Å². The Morgan fingerprint density at radius 1 is 0.765 bits per heavy atom. The number of hydrogen-bond donors (Lipinski definition) is 0. The molecule has 0 atom stereocenters. The van der Waals surface area contributed by atoms with E-state index in [4.69, 9.17) is 9.47 Å². The second-order valence-corrected chi connectivity index (χ2v) is 3.45. The first kappa shape index (κ1) is 11.8. The van der Waals surface area contributed by atoms with Gasteiger partial charge < -0.3 is 14.2 Å². The van der Waals surface area contributed by atoms with E-state index >= 15 is 0 Å². The average Bonchev–Trinajstić information content (AvgIpc) is 2.69. The van der Waals surface area contributed by atoms with Crippen LogP contribution in [0.25, 0.3) is 0 Å². The number of carbonyl (C=O) groups excluding carboxylic acids is 2. The van der Waals surface area contributed by atoms with Crippen LogP contribution in [0.5, 0.6) is 0 Å². The zero-order chi connectivity index (χ0) is 12.1. The molecule has 2 aliphatic heterocycles. The second kappa shape index (κ2) is 5.56. The van der Waals surface area contributed by atoms with Crippen LogP contribution in [0, 0.1) is 0 Å². The molecule has 0 saturated carbocycles. The molecule has 1 fully saturated rings. The molecule has 0 N–H and O–H groups in total. The van der Waals surface area contributed by atoms with E-state index in [0.717, 1.165) is 26.4 Å². The molecule has 5 heteroatoms. The summed E-state index contributed by atoms with van der Waals surface area (Å²) in [6.45, 7) is 3.11. The molecule has 2 aliphatic rings. The molecule has 1 saturated heterocycles. The van der Waals surface area contributed by atoms with Gasteiger partial charge in [-0.1, -0.05) is 12.1 Å². The highest BCUT2D eigenvalue weighted by molar-refractivity contribution is 6.14.